The molecule has 2 bridgehead atoms. The summed E-state index contributed by atoms with van der Waals surface area (Å²) in [4.78, 5) is 15.1. The zero-order chi connectivity index (χ0) is 17.9. The van der Waals surface area contributed by atoms with Crippen LogP contribution in [0.25, 0.3) is 0 Å². The zero-order valence-corrected chi connectivity index (χ0v) is 15.2. The molecule has 0 radical (unpaired) electrons. The lowest BCUT2D eigenvalue weighted by Gasteiger charge is -2.56. The van der Waals surface area contributed by atoms with Gasteiger partial charge in [0.25, 0.3) is 0 Å². The molecule has 1 aliphatic heterocycles. The van der Waals surface area contributed by atoms with Gasteiger partial charge in [0.05, 0.1) is 0 Å². The number of hydrogen-bond acceptors (Lipinski definition) is 2. The van der Waals surface area contributed by atoms with Crippen LogP contribution < -0.4 is 0 Å². The van der Waals surface area contributed by atoms with E-state index in [2.05, 4.69) is 48.2 Å². The molecule has 1 N–H and O–H groups in total. The Balaban J connectivity index is 1.67. The van der Waals surface area contributed by atoms with Gasteiger partial charge in [-0.2, -0.15) is 0 Å². The first kappa shape index (κ1) is 15.9. The smallest absolute Gasteiger partial charge is 0.225 e. The maximum absolute atomic E-state index is 12.9. The molecule has 1 amide bonds. The molecular weight excluding hydrogens is 322 g/mol. The van der Waals surface area contributed by atoms with E-state index in [1.807, 2.05) is 6.07 Å². The Bertz CT molecular complexity index is 858. The molecule has 3 nitrogen and oxygen atoms in total. The van der Waals surface area contributed by atoms with E-state index in [9.17, 15) is 9.90 Å². The molecule has 5 rings (SSSR count). The molecule has 0 spiro atoms. The number of fused-ring (bicyclic) bond motifs is 4. The molecule has 26 heavy (non-hydrogen) atoms. The first-order valence-corrected chi connectivity index (χ1v) is 9.79. The van der Waals surface area contributed by atoms with E-state index >= 15 is 0 Å². The van der Waals surface area contributed by atoms with Crippen LogP contribution in [0.1, 0.15) is 42.9 Å². The van der Waals surface area contributed by atoms with E-state index in [0.29, 0.717) is 17.6 Å². The number of phenolic OH excluding ortho intramolecular Hbond substituents is 1. The average Bonchev–Trinajstić information content (AvgIpc) is 3.49. The van der Waals surface area contributed by atoms with Crippen molar-refractivity contribution >= 4 is 5.91 Å². The summed E-state index contributed by atoms with van der Waals surface area (Å²) >= 11 is 0. The SMILES string of the molecule is CC1C2Cc3ccc(O)cc3C1(c1ccccc1)CCN2C(=O)C1CC1. The Morgan fingerprint density at radius 3 is 2.65 bits per heavy atom. The van der Waals surface area contributed by atoms with Gasteiger partial charge in [0.1, 0.15) is 5.75 Å². The number of carbonyl (C=O) groups excluding carboxylic acids is 1. The molecular formula is C23H25NO2. The molecule has 1 saturated heterocycles. The minimum Gasteiger partial charge on any atom is -0.508 e. The summed E-state index contributed by atoms with van der Waals surface area (Å²) in [6, 6.07) is 16.7. The van der Waals surface area contributed by atoms with Crippen molar-refractivity contribution in [2.45, 2.75) is 44.1 Å². The van der Waals surface area contributed by atoms with Gasteiger partial charge in [0.15, 0.2) is 0 Å². The van der Waals surface area contributed by atoms with Crippen LogP contribution in [0.4, 0.5) is 0 Å². The van der Waals surface area contributed by atoms with E-state index in [1.54, 1.807) is 6.07 Å². The summed E-state index contributed by atoms with van der Waals surface area (Å²) in [7, 11) is 0. The number of rotatable bonds is 2. The lowest BCUT2D eigenvalue weighted by atomic mass is 9.55. The van der Waals surface area contributed by atoms with E-state index in [-0.39, 0.29) is 17.4 Å². The normalized spacial score (nSPS) is 30.0. The zero-order valence-electron chi connectivity index (χ0n) is 15.2. The lowest BCUT2D eigenvalue weighted by Crippen LogP contribution is -2.61. The van der Waals surface area contributed by atoms with Gasteiger partial charge in [-0.15, -0.1) is 0 Å². The van der Waals surface area contributed by atoms with Gasteiger partial charge in [-0.25, -0.2) is 0 Å². The van der Waals surface area contributed by atoms with Crippen LogP contribution in [0.3, 0.4) is 0 Å². The van der Waals surface area contributed by atoms with Crippen molar-refractivity contribution in [1.82, 2.24) is 4.90 Å². The number of amides is 1. The summed E-state index contributed by atoms with van der Waals surface area (Å²) in [5, 5.41) is 10.2. The van der Waals surface area contributed by atoms with Gasteiger partial charge < -0.3 is 10.0 Å². The Labute approximate surface area is 154 Å². The van der Waals surface area contributed by atoms with Crippen LogP contribution in [-0.2, 0) is 16.6 Å². The van der Waals surface area contributed by atoms with Gasteiger partial charge in [0.2, 0.25) is 5.91 Å². The first-order chi connectivity index (χ1) is 12.6. The molecule has 1 saturated carbocycles. The monoisotopic (exact) mass is 347 g/mol. The van der Waals surface area contributed by atoms with Crippen LogP contribution in [0, 0.1) is 11.8 Å². The Morgan fingerprint density at radius 2 is 1.92 bits per heavy atom. The third kappa shape index (κ3) is 2.16. The minimum atomic E-state index is -0.126. The second-order valence-electron chi connectivity index (χ2n) is 8.29. The van der Waals surface area contributed by atoms with Crippen molar-refractivity contribution in [3.05, 3.63) is 65.2 Å². The van der Waals surface area contributed by atoms with Crippen LogP contribution in [0.5, 0.6) is 5.75 Å². The van der Waals surface area contributed by atoms with E-state index < -0.39 is 0 Å². The summed E-state index contributed by atoms with van der Waals surface area (Å²) in [5.74, 6) is 1.30. The third-order valence-corrected chi connectivity index (χ3v) is 7.00. The highest BCUT2D eigenvalue weighted by Crippen LogP contribution is 2.53. The molecule has 2 aromatic carbocycles. The number of likely N-dealkylation sites (tertiary alicyclic amines) is 1. The maximum Gasteiger partial charge on any atom is 0.225 e. The summed E-state index contributed by atoms with van der Waals surface area (Å²) < 4.78 is 0. The number of phenols is 1. The predicted octanol–water partition coefficient (Wildman–Crippen LogP) is 3.88. The van der Waals surface area contributed by atoms with Gasteiger partial charge in [-0.05, 0) is 60.4 Å². The minimum absolute atomic E-state index is 0.126. The fourth-order valence-electron chi connectivity index (χ4n) is 5.48. The van der Waals surface area contributed by atoms with Gasteiger partial charge in [0, 0.05) is 23.9 Å². The average molecular weight is 347 g/mol. The van der Waals surface area contributed by atoms with Crippen molar-refractivity contribution in [3.8, 4) is 5.75 Å². The molecule has 3 unspecified atom stereocenters. The van der Waals surface area contributed by atoms with Crippen molar-refractivity contribution < 1.29 is 9.90 Å². The van der Waals surface area contributed by atoms with Gasteiger partial charge in [-0.3, -0.25) is 4.79 Å². The maximum atomic E-state index is 12.9. The number of piperidine rings is 1. The molecule has 2 fully saturated rings. The fraction of sp³-hybridized carbons (Fsp3) is 0.435. The van der Waals surface area contributed by atoms with Gasteiger partial charge >= 0.3 is 0 Å². The number of carbonyl (C=O) groups is 1. The topological polar surface area (TPSA) is 40.5 Å². The number of aromatic hydroxyl groups is 1. The fourth-order valence-corrected chi connectivity index (χ4v) is 5.48. The van der Waals surface area contributed by atoms with Crippen molar-refractivity contribution in [2.24, 2.45) is 11.8 Å². The van der Waals surface area contributed by atoms with E-state index in [0.717, 1.165) is 32.2 Å². The lowest BCUT2D eigenvalue weighted by molar-refractivity contribution is -0.139. The first-order valence-electron chi connectivity index (χ1n) is 9.79. The molecule has 1 heterocycles. The quantitative estimate of drug-likeness (QED) is 0.895. The summed E-state index contributed by atoms with van der Waals surface area (Å²) in [6.45, 7) is 3.12. The second-order valence-corrected chi connectivity index (χ2v) is 8.29. The van der Waals surface area contributed by atoms with Crippen molar-refractivity contribution in [1.29, 1.82) is 0 Å². The Kier molecular flexibility index (Phi) is 3.43. The number of nitrogens with zero attached hydrogens (tertiary/aromatic N) is 1. The Hall–Kier alpha value is -2.29. The van der Waals surface area contributed by atoms with Crippen molar-refractivity contribution in [3.63, 3.8) is 0 Å². The Morgan fingerprint density at radius 1 is 1.15 bits per heavy atom. The number of benzene rings is 2. The molecule has 134 valence electrons. The molecule has 2 aromatic rings. The molecule has 0 aromatic heterocycles. The standard InChI is InChI=1S/C23H25NO2/c1-15-21-13-17-9-10-19(25)14-20(17)23(15,18-5-3-2-4-6-18)11-12-24(21)22(26)16-7-8-16/h2-6,9-10,14-16,21,25H,7-8,11-13H2,1H3. The third-order valence-electron chi connectivity index (χ3n) is 7.00. The predicted molar refractivity (Wildman–Crippen MR) is 101 cm³/mol. The number of hydrogen-bond donors (Lipinski definition) is 1. The van der Waals surface area contributed by atoms with E-state index in [4.69, 9.17) is 0 Å². The molecule has 3 aliphatic rings. The molecule has 3 heteroatoms. The summed E-state index contributed by atoms with van der Waals surface area (Å²) in [5.41, 5.74) is 3.72. The van der Waals surface area contributed by atoms with Gasteiger partial charge in [-0.1, -0.05) is 43.3 Å². The summed E-state index contributed by atoms with van der Waals surface area (Å²) in [6.07, 6.45) is 3.93. The van der Waals surface area contributed by atoms with Crippen LogP contribution in [-0.4, -0.2) is 28.5 Å². The highest BCUT2D eigenvalue weighted by molar-refractivity contribution is 5.82. The van der Waals surface area contributed by atoms with Crippen LogP contribution in [0.15, 0.2) is 48.5 Å². The van der Waals surface area contributed by atoms with Crippen LogP contribution in [0.2, 0.25) is 0 Å². The van der Waals surface area contributed by atoms with Crippen LogP contribution >= 0.6 is 0 Å². The largest absolute Gasteiger partial charge is 0.508 e. The highest BCUT2D eigenvalue weighted by Gasteiger charge is 2.54. The molecule has 3 atom stereocenters. The second kappa shape index (κ2) is 5.60. The highest BCUT2D eigenvalue weighted by atomic mass is 16.3. The molecule has 2 aliphatic carbocycles. The van der Waals surface area contributed by atoms with E-state index in [1.165, 1.54) is 16.7 Å². The van der Waals surface area contributed by atoms with Crippen molar-refractivity contribution in [2.75, 3.05) is 6.54 Å².